The highest BCUT2D eigenvalue weighted by Crippen LogP contribution is 2.35. The van der Waals surface area contributed by atoms with E-state index in [-0.39, 0.29) is 0 Å². The Morgan fingerprint density at radius 2 is 2.32 bits per heavy atom. The minimum Gasteiger partial charge on any atom is -0.431 e. The number of methoxy groups -OCH3 is 1. The van der Waals surface area contributed by atoms with Gasteiger partial charge in [0.15, 0.2) is 5.58 Å². The molecule has 1 fully saturated rings. The molecule has 1 heterocycles. The smallest absolute Gasteiger partial charge is 0.257 e. The molecule has 0 spiro atoms. The molecular weight excluding hydrogens is 260 g/mol. The molecule has 0 bridgehead atoms. The van der Waals surface area contributed by atoms with Gasteiger partial charge in [-0.2, -0.15) is 0 Å². The number of ether oxygens (including phenoxy) is 1. The summed E-state index contributed by atoms with van der Waals surface area (Å²) >= 11 is 1.72. The third kappa shape index (κ3) is 2.87. The van der Waals surface area contributed by atoms with Gasteiger partial charge in [0, 0.05) is 24.1 Å². The quantitative estimate of drug-likeness (QED) is 0.871. The van der Waals surface area contributed by atoms with E-state index in [0.29, 0.717) is 17.0 Å². The van der Waals surface area contributed by atoms with Crippen LogP contribution in [-0.4, -0.2) is 23.4 Å². The van der Waals surface area contributed by atoms with E-state index < -0.39 is 0 Å². The standard InChI is InChI=1S/C14H18N2O2S/c1-17-10-3-2-4-11(8-10)19-14-16-12-6-5-9(15)7-13(12)18-14/h5-7,10-11H,2-4,8,15H2,1H3. The molecule has 0 amide bonds. The van der Waals surface area contributed by atoms with Gasteiger partial charge in [0.1, 0.15) is 5.52 Å². The summed E-state index contributed by atoms with van der Waals surface area (Å²) < 4.78 is 11.2. The van der Waals surface area contributed by atoms with Crippen LogP contribution in [0.3, 0.4) is 0 Å². The molecule has 19 heavy (non-hydrogen) atoms. The highest BCUT2D eigenvalue weighted by Gasteiger charge is 2.24. The molecule has 0 saturated heterocycles. The molecule has 1 aromatic carbocycles. The molecule has 4 nitrogen and oxygen atoms in total. The number of aromatic nitrogens is 1. The van der Waals surface area contributed by atoms with Crippen molar-refractivity contribution in [3.8, 4) is 0 Å². The van der Waals surface area contributed by atoms with Gasteiger partial charge in [-0.1, -0.05) is 11.8 Å². The van der Waals surface area contributed by atoms with E-state index in [1.54, 1.807) is 18.9 Å². The second-order valence-corrected chi connectivity index (χ2v) is 6.22. The summed E-state index contributed by atoms with van der Waals surface area (Å²) in [4.78, 5) is 4.50. The number of nitrogens with zero attached hydrogens (tertiary/aromatic N) is 1. The maximum atomic E-state index is 5.75. The molecule has 0 aliphatic heterocycles. The van der Waals surface area contributed by atoms with Gasteiger partial charge in [-0.15, -0.1) is 0 Å². The van der Waals surface area contributed by atoms with Crippen LogP contribution in [-0.2, 0) is 4.74 Å². The predicted molar refractivity (Wildman–Crippen MR) is 77.3 cm³/mol. The summed E-state index contributed by atoms with van der Waals surface area (Å²) in [5.41, 5.74) is 8.08. The Hall–Kier alpha value is -1.20. The van der Waals surface area contributed by atoms with E-state index in [9.17, 15) is 0 Å². The first-order chi connectivity index (χ1) is 9.24. The molecule has 2 unspecified atom stereocenters. The zero-order chi connectivity index (χ0) is 13.2. The lowest BCUT2D eigenvalue weighted by Gasteiger charge is -2.26. The monoisotopic (exact) mass is 278 g/mol. The molecule has 1 aromatic heterocycles. The number of nitrogens with two attached hydrogens (primary N) is 1. The second-order valence-electron chi connectivity index (χ2n) is 4.97. The van der Waals surface area contributed by atoms with Crippen LogP contribution in [0.1, 0.15) is 25.7 Å². The van der Waals surface area contributed by atoms with E-state index in [0.717, 1.165) is 29.2 Å². The van der Waals surface area contributed by atoms with Gasteiger partial charge in [-0.3, -0.25) is 0 Å². The largest absolute Gasteiger partial charge is 0.431 e. The van der Waals surface area contributed by atoms with E-state index in [4.69, 9.17) is 14.9 Å². The minimum absolute atomic E-state index is 0.381. The number of hydrogen-bond acceptors (Lipinski definition) is 5. The average Bonchev–Trinajstić information content (AvgIpc) is 2.80. The molecule has 2 atom stereocenters. The molecule has 2 aromatic rings. The Morgan fingerprint density at radius 1 is 1.42 bits per heavy atom. The van der Waals surface area contributed by atoms with Crippen molar-refractivity contribution in [2.75, 3.05) is 12.8 Å². The topological polar surface area (TPSA) is 61.3 Å². The van der Waals surface area contributed by atoms with Crippen LogP contribution in [0.4, 0.5) is 5.69 Å². The fourth-order valence-electron chi connectivity index (χ4n) is 2.54. The van der Waals surface area contributed by atoms with Crippen LogP contribution in [0.2, 0.25) is 0 Å². The SMILES string of the molecule is COC1CCCC(Sc2nc3ccc(N)cc3o2)C1. The first-order valence-electron chi connectivity index (χ1n) is 6.60. The van der Waals surface area contributed by atoms with E-state index >= 15 is 0 Å². The van der Waals surface area contributed by atoms with Crippen molar-refractivity contribution in [3.05, 3.63) is 18.2 Å². The van der Waals surface area contributed by atoms with Gasteiger partial charge in [-0.25, -0.2) is 4.98 Å². The van der Waals surface area contributed by atoms with Gasteiger partial charge in [0.2, 0.25) is 0 Å². The number of hydrogen-bond donors (Lipinski definition) is 1. The minimum atomic E-state index is 0.381. The number of nitrogen functional groups attached to an aromatic ring is 1. The molecule has 3 rings (SSSR count). The van der Waals surface area contributed by atoms with E-state index in [2.05, 4.69) is 4.98 Å². The molecule has 1 aliphatic carbocycles. The van der Waals surface area contributed by atoms with Gasteiger partial charge >= 0.3 is 0 Å². The Morgan fingerprint density at radius 3 is 3.16 bits per heavy atom. The molecule has 102 valence electrons. The van der Waals surface area contributed by atoms with Crippen molar-refractivity contribution >= 4 is 28.5 Å². The first-order valence-corrected chi connectivity index (χ1v) is 7.48. The van der Waals surface area contributed by atoms with Gasteiger partial charge in [-0.05, 0) is 37.8 Å². The average molecular weight is 278 g/mol. The van der Waals surface area contributed by atoms with Crippen LogP contribution >= 0.6 is 11.8 Å². The lowest BCUT2D eigenvalue weighted by Crippen LogP contribution is -2.23. The molecule has 1 saturated carbocycles. The maximum Gasteiger partial charge on any atom is 0.257 e. The fraction of sp³-hybridized carbons (Fsp3) is 0.500. The molecule has 2 N–H and O–H groups in total. The molecule has 0 radical (unpaired) electrons. The Balaban J connectivity index is 1.74. The Kier molecular flexibility index (Phi) is 3.66. The van der Waals surface area contributed by atoms with Gasteiger partial charge < -0.3 is 14.9 Å². The highest BCUT2D eigenvalue weighted by atomic mass is 32.2. The number of oxazole rings is 1. The lowest BCUT2D eigenvalue weighted by atomic mass is 9.97. The molecule has 5 heteroatoms. The number of thioether (sulfide) groups is 1. The van der Waals surface area contributed by atoms with E-state index in [1.807, 2.05) is 18.2 Å². The molecular formula is C14H18N2O2S. The van der Waals surface area contributed by atoms with Gasteiger partial charge in [0.05, 0.1) is 6.10 Å². The van der Waals surface area contributed by atoms with Crippen molar-refractivity contribution in [3.63, 3.8) is 0 Å². The van der Waals surface area contributed by atoms with E-state index in [1.165, 1.54) is 12.8 Å². The number of anilines is 1. The van der Waals surface area contributed by atoms with Crippen molar-refractivity contribution in [1.29, 1.82) is 0 Å². The third-order valence-corrected chi connectivity index (χ3v) is 4.71. The summed E-state index contributed by atoms with van der Waals surface area (Å²) in [6.07, 6.45) is 5.03. The zero-order valence-electron chi connectivity index (χ0n) is 11.0. The number of rotatable bonds is 3. The summed E-state index contributed by atoms with van der Waals surface area (Å²) in [7, 11) is 1.79. The Labute approximate surface area is 116 Å². The maximum absolute atomic E-state index is 5.75. The summed E-state index contributed by atoms with van der Waals surface area (Å²) in [5, 5.41) is 1.27. The first kappa shape index (κ1) is 12.8. The summed E-state index contributed by atoms with van der Waals surface area (Å²) in [5.74, 6) is 0. The van der Waals surface area contributed by atoms with Crippen molar-refractivity contribution < 1.29 is 9.15 Å². The van der Waals surface area contributed by atoms with Crippen molar-refractivity contribution in [1.82, 2.24) is 4.98 Å². The fourth-order valence-corrected chi connectivity index (χ4v) is 3.71. The second kappa shape index (κ2) is 5.43. The van der Waals surface area contributed by atoms with Crippen molar-refractivity contribution in [2.24, 2.45) is 0 Å². The Bertz CT molecular complexity index is 570. The zero-order valence-corrected chi connectivity index (χ0v) is 11.8. The van der Waals surface area contributed by atoms with Crippen LogP contribution in [0.15, 0.2) is 27.8 Å². The van der Waals surface area contributed by atoms with Crippen LogP contribution in [0.25, 0.3) is 11.1 Å². The predicted octanol–water partition coefficient (Wildman–Crippen LogP) is 3.46. The van der Waals surface area contributed by atoms with Gasteiger partial charge in [0.25, 0.3) is 5.22 Å². The number of benzene rings is 1. The third-order valence-electron chi connectivity index (χ3n) is 3.57. The van der Waals surface area contributed by atoms with Crippen LogP contribution < -0.4 is 5.73 Å². The van der Waals surface area contributed by atoms with Crippen molar-refractivity contribution in [2.45, 2.75) is 42.3 Å². The highest BCUT2D eigenvalue weighted by molar-refractivity contribution is 7.99. The normalized spacial score (nSPS) is 23.8. The molecule has 1 aliphatic rings. The summed E-state index contributed by atoms with van der Waals surface area (Å²) in [6, 6.07) is 5.57. The summed E-state index contributed by atoms with van der Waals surface area (Å²) in [6.45, 7) is 0. The number of fused-ring (bicyclic) bond motifs is 1. The van der Waals surface area contributed by atoms with Crippen LogP contribution in [0, 0.1) is 0 Å². The lowest BCUT2D eigenvalue weighted by molar-refractivity contribution is 0.0729. The van der Waals surface area contributed by atoms with Crippen LogP contribution in [0.5, 0.6) is 0 Å².